The Kier molecular flexibility index (Phi) is 9.60. The van der Waals surface area contributed by atoms with Gasteiger partial charge in [0.1, 0.15) is 0 Å². The molecule has 0 amide bonds. The average Bonchev–Trinajstić information content (AvgIpc) is 3.30. The summed E-state index contributed by atoms with van der Waals surface area (Å²) in [5.74, 6) is 1.98. The summed E-state index contributed by atoms with van der Waals surface area (Å²) in [6.45, 7) is 13.3. The summed E-state index contributed by atoms with van der Waals surface area (Å²) in [4.78, 5) is 0. The third kappa shape index (κ3) is 10.6. The summed E-state index contributed by atoms with van der Waals surface area (Å²) >= 11 is 0. The summed E-state index contributed by atoms with van der Waals surface area (Å²) in [5.41, 5.74) is 0. The molecule has 1 fully saturated rings. The quantitative estimate of drug-likeness (QED) is 0.341. The molecule has 0 saturated heterocycles. The Morgan fingerprint density at radius 1 is 0.586 bits per heavy atom. The number of allylic oxidation sites excluding steroid dienone is 8. The second kappa shape index (κ2) is 11.4. The maximum Gasteiger partial charge on any atom is 0.184 e. The zero-order valence-electron chi connectivity index (χ0n) is 19.4. The monoisotopic (exact) mass is 430 g/mol. The molecule has 2 bridgehead atoms. The minimum absolute atomic E-state index is 0.100. The van der Waals surface area contributed by atoms with E-state index in [0.29, 0.717) is 0 Å². The number of hydrogen-bond acceptors (Lipinski definition) is 2. The predicted molar refractivity (Wildman–Crippen MR) is 132 cm³/mol. The summed E-state index contributed by atoms with van der Waals surface area (Å²) in [6, 6.07) is 0. The zero-order valence-corrected chi connectivity index (χ0v) is 21.4. The van der Waals surface area contributed by atoms with Gasteiger partial charge in [-0.1, -0.05) is 60.8 Å². The van der Waals surface area contributed by atoms with Crippen molar-refractivity contribution in [1.29, 1.82) is 0 Å². The van der Waals surface area contributed by atoms with Crippen LogP contribution >= 0.6 is 0 Å². The Labute approximate surface area is 181 Å². The molecule has 4 rings (SSSR count). The van der Waals surface area contributed by atoms with Gasteiger partial charge in [0.2, 0.25) is 0 Å². The molecule has 0 radical (unpaired) electrons. The fraction of sp³-hybridized carbons (Fsp3) is 0.600. The Hall–Kier alpha value is -0.946. The first-order valence-electron chi connectivity index (χ1n) is 11.3. The molecule has 4 aliphatic carbocycles. The Morgan fingerprint density at radius 2 is 1.00 bits per heavy atom. The fourth-order valence-electron chi connectivity index (χ4n) is 3.85. The van der Waals surface area contributed by atoms with Crippen molar-refractivity contribution in [1.82, 2.24) is 0 Å². The van der Waals surface area contributed by atoms with E-state index in [2.05, 4.69) is 100 Å². The summed E-state index contributed by atoms with van der Waals surface area (Å²) in [6.07, 6.45) is 28.7. The Balaban J connectivity index is 0.000000186. The molecule has 4 heteroatoms. The van der Waals surface area contributed by atoms with Gasteiger partial charge in [-0.2, -0.15) is 0 Å². The van der Waals surface area contributed by atoms with Crippen molar-refractivity contribution in [3.8, 4) is 0 Å². The number of hydrogen-bond donors (Lipinski definition) is 0. The van der Waals surface area contributed by atoms with Crippen LogP contribution in [0.15, 0.2) is 60.8 Å². The number of fused-ring (bicyclic) bond motifs is 2. The van der Waals surface area contributed by atoms with Gasteiger partial charge in [-0.15, -0.1) is 0 Å². The SMILES string of the molecule is C1=CC2CCC1C2.C1=CCCC=C1.C[Si](C)(C)OC1C=CC=CC1O[Si](C)(C)C. The molecule has 29 heavy (non-hydrogen) atoms. The van der Waals surface area contributed by atoms with Gasteiger partial charge in [0, 0.05) is 0 Å². The predicted octanol–water partition coefficient (Wildman–Crippen LogP) is 7.42. The molecule has 0 aromatic carbocycles. The van der Waals surface area contributed by atoms with E-state index in [0.717, 1.165) is 11.8 Å². The lowest BCUT2D eigenvalue weighted by Crippen LogP contribution is -2.43. The lowest BCUT2D eigenvalue weighted by atomic mass is 10.1. The highest BCUT2D eigenvalue weighted by Crippen LogP contribution is 2.38. The fourth-order valence-corrected chi connectivity index (χ4v) is 5.91. The smallest absolute Gasteiger partial charge is 0.184 e. The maximum atomic E-state index is 6.14. The third-order valence-corrected chi connectivity index (χ3v) is 7.03. The highest BCUT2D eigenvalue weighted by molar-refractivity contribution is 6.70. The van der Waals surface area contributed by atoms with Crippen LogP contribution in [0.1, 0.15) is 32.1 Å². The van der Waals surface area contributed by atoms with E-state index >= 15 is 0 Å². The van der Waals surface area contributed by atoms with Crippen molar-refractivity contribution in [3.63, 3.8) is 0 Å². The minimum atomic E-state index is -1.51. The van der Waals surface area contributed by atoms with Gasteiger partial charge in [-0.3, -0.25) is 0 Å². The molecule has 0 aromatic heterocycles. The molecule has 4 atom stereocenters. The molecule has 0 spiro atoms. The number of rotatable bonds is 4. The van der Waals surface area contributed by atoms with Crippen LogP contribution in [0.5, 0.6) is 0 Å². The normalized spacial score (nSPS) is 29.3. The topological polar surface area (TPSA) is 18.5 Å². The van der Waals surface area contributed by atoms with Crippen LogP contribution in [0.3, 0.4) is 0 Å². The first-order valence-corrected chi connectivity index (χ1v) is 18.1. The lowest BCUT2D eigenvalue weighted by molar-refractivity contribution is 0.103. The van der Waals surface area contributed by atoms with E-state index in [1.54, 1.807) is 0 Å². The molecule has 4 aliphatic rings. The van der Waals surface area contributed by atoms with Crippen LogP contribution in [0.4, 0.5) is 0 Å². The minimum Gasteiger partial charge on any atom is -0.408 e. The summed E-state index contributed by atoms with van der Waals surface area (Å²) in [5, 5.41) is 0. The molecule has 0 heterocycles. The summed E-state index contributed by atoms with van der Waals surface area (Å²) < 4.78 is 12.3. The average molecular weight is 431 g/mol. The van der Waals surface area contributed by atoms with E-state index < -0.39 is 16.6 Å². The molecular weight excluding hydrogens is 388 g/mol. The molecule has 0 aliphatic heterocycles. The van der Waals surface area contributed by atoms with E-state index in [9.17, 15) is 0 Å². The van der Waals surface area contributed by atoms with Gasteiger partial charge in [0.15, 0.2) is 16.6 Å². The second-order valence-corrected chi connectivity index (χ2v) is 19.2. The van der Waals surface area contributed by atoms with Gasteiger partial charge >= 0.3 is 0 Å². The standard InChI is InChI=1S/C12H24O2Si2.C7H10.C6H8/c1-15(2,3)13-11-9-7-8-10-12(11)14-16(4,5)6;1-2-7-4-3-6(1)5-7;1-2-4-6-5-3-1/h7-12H,1-6H3;1-2,6-7H,3-5H2;1-4H,5-6H2. The third-order valence-electron chi connectivity index (χ3n) is 5.07. The van der Waals surface area contributed by atoms with Gasteiger partial charge in [-0.05, 0) is 83.2 Å². The molecule has 1 saturated carbocycles. The second-order valence-electron chi connectivity index (χ2n) is 10.3. The van der Waals surface area contributed by atoms with Crippen LogP contribution < -0.4 is 0 Å². The van der Waals surface area contributed by atoms with Gasteiger partial charge in [0.25, 0.3) is 0 Å². The van der Waals surface area contributed by atoms with Crippen LogP contribution in [-0.4, -0.2) is 28.8 Å². The van der Waals surface area contributed by atoms with E-state index in [1.165, 1.54) is 32.1 Å². The highest BCUT2D eigenvalue weighted by atomic mass is 28.4. The highest BCUT2D eigenvalue weighted by Gasteiger charge is 2.30. The first-order chi connectivity index (χ1) is 13.6. The molecule has 0 N–H and O–H groups in total. The summed E-state index contributed by atoms with van der Waals surface area (Å²) in [7, 11) is -3.02. The van der Waals surface area contributed by atoms with Gasteiger partial charge in [-0.25, -0.2) is 0 Å². The van der Waals surface area contributed by atoms with Crippen LogP contribution in [0.25, 0.3) is 0 Å². The molecule has 2 nitrogen and oxygen atoms in total. The zero-order chi connectivity index (χ0) is 21.3. The molecule has 162 valence electrons. The molecular formula is C25H42O2Si2. The Morgan fingerprint density at radius 3 is 1.21 bits per heavy atom. The van der Waals surface area contributed by atoms with E-state index in [1.807, 2.05) is 0 Å². The lowest BCUT2D eigenvalue weighted by Gasteiger charge is -2.34. The molecule has 0 aromatic rings. The van der Waals surface area contributed by atoms with Crippen molar-refractivity contribution < 1.29 is 8.85 Å². The van der Waals surface area contributed by atoms with E-state index in [-0.39, 0.29) is 12.2 Å². The van der Waals surface area contributed by atoms with Gasteiger partial charge in [0.05, 0.1) is 12.2 Å². The van der Waals surface area contributed by atoms with Crippen molar-refractivity contribution in [2.24, 2.45) is 11.8 Å². The van der Waals surface area contributed by atoms with Crippen molar-refractivity contribution >= 4 is 16.6 Å². The van der Waals surface area contributed by atoms with Crippen LogP contribution in [0, 0.1) is 11.8 Å². The van der Waals surface area contributed by atoms with Crippen molar-refractivity contribution in [3.05, 3.63) is 60.8 Å². The largest absolute Gasteiger partial charge is 0.408 e. The van der Waals surface area contributed by atoms with Crippen molar-refractivity contribution in [2.45, 2.75) is 83.6 Å². The van der Waals surface area contributed by atoms with E-state index in [4.69, 9.17) is 8.85 Å². The first kappa shape index (κ1) is 24.3. The molecule has 4 unspecified atom stereocenters. The van der Waals surface area contributed by atoms with Crippen LogP contribution in [0.2, 0.25) is 39.3 Å². The van der Waals surface area contributed by atoms with Crippen molar-refractivity contribution in [2.75, 3.05) is 0 Å². The Bertz CT molecular complexity index is 578. The maximum absolute atomic E-state index is 6.14. The van der Waals surface area contributed by atoms with Crippen LogP contribution in [-0.2, 0) is 8.85 Å². The van der Waals surface area contributed by atoms with Gasteiger partial charge < -0.3 is 8.85 Å².